The fourth-order valence-corrected chi connectivity index (χ4v) is 1.71. The quantitative estimate of drug-likeness (QED) is 0.846. The highest BCUT2D eigenvalue weighted by atomic mass is 16.5. The summed E-state index contributed by atoms with van der Waals surface area (Å²) in [5.74, 6) is 1.02. The molecule has 0 spiro atoms. The van der Waals surface area contributed by atoms with Gasteiger partial charge < -0.3 is 15.4 Å². The van der Waals surface area contributed by atoms with Crippen molar-refractivity contribution in [2.24, 2.45) is 0 Å². The lowest BCUT2D eigenvalue weighted by Gasteiger charge is -2.17. The number of hydrogen-bond donors (Lipinski definition) is 1. The van der Waals surface area contributed by atoms with E-state index < -0.39 is 0 Å². The van der Waals surface area contributed by atoms with E-state index in [1.165, 1.54) is 16.4 Å². The lowest BCUT2D eigenvalue weighted by molar-refractivity contribution is -0.131. The van der Waals surface area contributed by atoms with Crippen molar-refractivity contribution < 1.29 is 9.53 Å². The van der Waals surface area contributed by atoms with Gasteiger partial charge in [-0.1, -0.05) is 22.9 Å². The van der Waals surface area contributed by atoms with E-state index in [9.17, 15) is 4.79 Å². The molecule has 1 aromatic carbocycles. The normalized spacial score (nSPS) is 10.4. The summed E-state index contributed by atoms with van der Waals surface area (Å²) in [6.45, 7) is 3.07. The molecule has 112 valence electrons. The SMILES string of the molecule is Cc1ccc(OCCN(C)C(=O)Cn2cc(N)nn2)cc1. The molecule has 0 aliphatic heterocycles. The summed E-state index contributed by atoms with van der Waals surface area (Å²) in [5, 5.41) is 7.37. The van der Waals surface area contributed by atoms with Crippen molar-refractivity contribution >= 4 is 11.7 Å². The number of benzene rings is 1. The Balaban J connectivity index is 1.74. The number of aryl methyl sites for hydroxylation is 1. The highest BCUT2D eigenvalue weighted by molar-refractivity contribution is 5.75. The van der Waals surface area contributed by atoms with Gasteiger partial charge in [0.05, 0.1) is 12.7 Å². The number of anilines is 1. The van der Waals surface area contributed by atoms with Crippen molar-refractivity contribution in [2.75, 3.05) is 25.9 Å². The number of nitrogen functional groups attached to an aromatic ring is 1. The van der Waals surface area contributed by atoms with E-state index in [-0.39, 0.29) is 12.5 Å². The molecule has 2 N–H and O–H groups in total. The fourth-order valence-electron chi connectivity index (χ4n) is 1.71. The third-order valence-corrected chi connectivity index (χ3v) is 3.00. The average Bonchev–Trinajstić information content (AvgIpc) is 2.86. The Bertz CT molecular complexity index is 594. The van der Waals surface area contributed by atoms with Gasteiger partial charge in [-0.15, -0.1) is 5.10 Å². The van der Waals surface area contributed by atoms with Crippen molar-refractivity contribution in [2.45, 2.75) is 13.5 Å². The van der Waals surface area contributed by atoms with Gasteiger partial charge in [0.25, 0.3) is 0 Å². The summed E-state index contributed by atoms with van der Waals surface area (Å²) in [4.78, 5) is 13.5. The van der Waals surface area contributed by atoms with Gasteiger partial charge >= 0.3 is 0 Å². The van der Waals surface area contributed by atoms with Crippen molar-refractivity contribution in [1.29, 1.82) is 0 Å². The van der Waals surface area contributed by atoms with Crippen LogP contribution in [0, 0.1) is 6.92 Å². The molecule has 0 aliphatic rings. The van der Waals surface area contributed by atoms with Crippen LogP contribution in [0.15, 0.2) is 30.5 Å². The molecule has 0 atom stereocenters. The Labute approximate surface area is 123 Å². The van der Waals surface area contributed by atoms with Crippen LogP contribution in [0.2, 0.25) is 0 Å². The van der Waals surface area contributed by atoms with Crippen molar-refractivity contribution in [3.05, 3.63) is 36.0 Å². The summed E-state index contributed by atoms with van der Waals surface area (Å²) in [5.41, 5.74) is 6.63. The molecule has 1 aromatic heterocycles. The second kappa shape index (κ2) is 6.74. The number of nitrogens with two attached hydrogens (primary N) is 1. The Morgan fingerprint density at radius 1 is 1.38 bits per heavy atom. The predicted molar refractivity (Wildman–Crippen MR) is 78.7 cm³/mol. The molecule has 7 heteroatoms. The molecule has 0 saturated carbocycles. The summed E-state index contributed by atoms with van der Waals surface area (Å²) >= 11 is 0. The van der Waals surface area contributed by atoms with Crippen molar-refractivity contribution in [1.82, 2.24) is 19.9 Å². The molecule has 2 aromatic rings. The van der Waals surface area contributed by atoms with Crippen molar-refractivity contribution in [3.8, 4) is 5.75 Å². The van der Waals surface area contributed by atoms with Crippen LogP contribution in [0.3, 0.4) is 0 Å². The topological polar surface area (TPSA) is 86.3 Å². The lowest BCUT2D eigenvalue weighted by atomic mass is 10.2. The fraction of sp³-hybridized carbons (Fsp3) is 0.357. The van der Waals surface area contributed by atoms with E-state index >= 15 is 0 Å². The van der Waals surface area contributed by atoms with Gasteiger partial charge in [-0.3, -0.25) is 4.79 Å². The summed E-state index contributed by atoms with van der Waals surface area (Å²) in [6, 6.07) is 7.79. The van der Waals surface area contributed by atoms with Crippen LogP contribution < -0.4 is 10.5 Å². The van der Waals surface area contributed by atoms with Gasteiger partial charge in [0.15, 0.2) is 5.82 Å². The molecule has 2 rings (SSSR count). The van der Waals surface area contributed by atoms with Gasteiger partial charge in [0, 0.05) is 7.05 Å². The van der Waals surface area contributed by atoms with Crippen LogP contribution in [0.4, 0.5) is 5.82 Å². The third-order valence-electron chi connectivity index (χ3n) is 3.00. The van der Waals surface area contributed by atoms with Crippen LogP contribution >= 0.6 is 0 Å². The lowest BCUT2D eigenvalue weighted by Crippen LogP contribution is -2.33. The molecule has 0 aliphatic carbocycles. The average molecular weight is 289 g/mol. The molecule has 0 fully saturated rings. The first-order valence-electron chi connectivity index (χ1n) is 6.63. The minimum Gasteiger partial charge on any atom is -0.492 e. The Morgan fingerprint density at radius 3 is 2.71 bits per heavy atom. The van der Waals surface area contributed by atoms with Gasteiger partial charge in [-0.05, 0) is 19.1 Å². The van der Waals surface area contributed by atoms with Crippen LogP contribution in [-0.4, -0.2) is 46.0 Å². The van der Waals surface area contributed by atoms with E-state index in [1.807, 2.05) is 31.2 Å². The first-order chi connectivity index (χ1) is 10.0. The number of amides is 1. The molecule has 1 amide bonds. The zero-order chi connectivity index (χ0) is 15.2. The molecule has 21 heavy (non-hydrogen) atoms. The summed E-state index contributed by atoms with van der Waals surface area (Å²) < 4.78 is 7.00. The number of ether oxygens (including phenoxy) is 1. The smallest absolute Gasteiger partial charge is 0.244 e. The molecular weight excluding hydrogens is 270 g/mol. The standard InChI is InChI=1S/C14H19N5O2/c1-11-3-5-12(6-4-11)21-8-7-18(2)14(20)10-19-9-13(15)16-17-19/h3-6,9H,7-8,10,15H2,1-2H3. The molecule has 0 saturated heterocycles. The number of aromatic nitrogens is 3. The second-order valence-corrected chi connectivity index (χ2v) is 4.82. The van der Waals surface area contributed by atoms with Gasteiger partial charge in [0.2, 0.25) is 5.91 Å². The monoisotopic (exact) mass is 289 g/mol. The van der Waals surface area contributed by atoms with E-state index in [0.717, 1.165) is 5.75 Å². The highest BCUT2D eigenvalue weighted by Crippen LogP contribution is 2.11. The zero-order valence-electron chi connectivity index (χ0n) is 12.2. The minimum absolute atomic E-state index is 0.0765. The number of hydrogen-bond acceptors (Lipinski definition) is 5. The van der Waals surface area contributed by atoms with E-state index in [1.54, 1.807) is 11.9 Å². The van der Waals surface area contributed by atoms with E-state index in [2.05, 4.69) is 10.3 Å². The Hall–Kier alpha value is -2.57. The number of carbonyl (C=O) groups is 1. The first-order valence-corrected chi connectivity index (χ1v) is 6.63. The number of likely N-dealkylation sites (N-methyl/N-ethyl adjacent to an activating group) is 1. The minimum atomic E-state index is -0.0765. The zero-order valence-corrected chi connectivity index (χ0v) is 12.2. The number of rotatable bonds is 6. The highest BCUT2D eigenvalue weighted by Gasteiger charge is 2.10. The van der Waals surface area contributed by atoms with Crippen LogP contribution in [-0.2, 0) is 11.3 Å². The molecule has 7 nitrogen and oxygen atoms in total. The maximum absolute atomic E-state index is 11.9. The molecule has 0 radical (unpaired) electrons. The summed E-state index contributed by atoms with van der Waals surface area (Å²) in [6.07, 6.45) is 1.52. The van der Waals surface area contributed by atoms with Gasteiger partial charge in [-0.25, -0.2) is 4.68 Å². The molecule has 1 heterocycles. The largest absolute Gasteiger partial charge is 0.492 e. The van der Waals surface area contributed by atoms with E-state index in [4.69, 9.17) is 10.5 Å². The molecule has 0 bridgehead atoms. The van der Waals surface area contributed by atoms with E-state index in [0.29, 0.717) is 19.0 Å². The maximum Gasteiger partial charge on any atom is 0.244 e. The molecular formula is C14H19N5O2. The second-order valence-electron chi connectivity index (χ2n) is 4.82. The Morgan fingerprint density at radius 2 is 2.10 bits per heavy atom. The van der Waals surface area contributed by atoms with Crippen LogP contribution in [0.5, 0.6) is 5.75 Å². The number of nitrogens with zero attached hydrogens (tertiary/aromatic N) is 4. The van der Waals surface area contributed by atoms with Crippen LogP contribution in [0.25, 0.3) is 0 Å². The van der Waals surface area contributed by atoms with Gasteiger partial charge in [-0.2, -0.15) is 0 Å². The summed E-state index contributed by atoms with van der Waals surface area (Å²) in [7, 11) is 1.72. The molecule has 0 unspecified atom stereocenters. The Kier molecular flexibility index (Phi) is 4.76. The number of carbonyl (C=O) groups excluding carboxylic acids is 1. The first kappa shape index (κ1) is 14.8. The third kappa shape index (κ3) is 4.48. The van der Waals surface area contributed by atoms with Crippen LogP contribution in [0.1, 0.15) is 5.56 Å². The predicted octanol–water partition coefficient (Wildman–Crippen LogP) is 0.706. The van der Waals surface area contributed by atoms with Crippen molar-refractivity contribution in [3.63, 3.8) is 0 Å². The maximum atomic E-state index is 11.9. The van der Waals surface area contributed by atoms with Gasteiger partial charge in [0.1, 0.15) is 18.9 Å².